The van der Waals surface area contributed by atoms with Gasteiger partial charge in [-0.25, -0.2) is 4.39 Å². The van der Waals surface area contributed by atoms with Crippen molar-refractivity contribution in [3.05, 3.63) is 63.9 Å². The topological polar surface area (TPSA) is 26.3 Å². The molecule has 21 heavy (non-hydrogen) atoms. The Bertz CT molecular complexity index is 738. The first-order valence-corrected chi connectivity index (χ1v) is 7.04. The van der Waals surface area contributed by atoms with Crippen LogP contribution in [-0.2, 0) is 5.41 Å². The first-order valence-electron chi connectivity index (χ1n) is 6.66. The van der Waals surface area contributed by atoms with Gasteiger partial charge in [-0.1, -0.05) is 31.5 Å². The zero-order chi connectivity index (χ0) is 15.2. The molecule has 2 aromatic rings. The number of rotatable bonds is 2. The molecule has 0 bridgehead atoms. The predicted octanol–water partition coefficient (Wildman–Crippen LogP) is 4.38. The Morgan fingerprint density at radius 2 is 2.05 bits per heavy atom. The lowest BCUT2D eigenvalue weighted by atomic mass is 9.85. The minimum atomic E-state index is -0.680. The SMILES string of the molecule is CC1(C)COc2ccc(C(=O)c3cccc(Cl)c3F)cc21. The van der Waals surface area contributed by atoms with Gasteiger partial charge in [0.1, 0.15) is 5.75 Å². The second-order valence-corrected chi connectivity index (χ2v) is 6.22. The summed E-state index contributed by atoms with van der Waals surface area (Å²) in [7, 11) is 0. The van der Waals surface area contributed by atoms with Crippen molar-refractivity contribution in [2.45, 2.75) is 19.3 Å². The van der Waals surface area contributed by atoms with Gasteiger partial charge in [0.05, 0.1) is 17.2 Å². The highest BCUT2D eigenvalue weighted by molar-refractivity contribution is 6.31. The van der Waals surface area contributed by atoms with Crippen molar-refractivity contribution in [1.82, 2.24) is 0 Å². The molecule has 2 nitrogen and oxygen atoms in total. The summed E-state index contributed by atoms with van der Waals surface area (Å²) < 4.78 is 19.6. The third kappa shape index (κ3) is 2.32. The number of carbonyl (C=O) groups is 1. The number of halogens is 2. The maximum absolute atomic E-state index is 14.0. The van der Waals surface area contributed by atoms with Gasteiger partial charge in [-0.05, 0) is 30.3 Å². The van der Waals surface area contributed by atoms with E-state index < -0.39 is 5.82 Å². The van der Waals surface area contributed by atoms with Crippen LogP contribution < -0.4 is 4.74 Å². The van der Waals surface area contributed by atoms with Crippen LogP contribution >= 0.6 is 11.6 Å². The van der Waals surface area contributed by atoms with Crippen molar-refractivity contribution in [3.8, 4) is 5.75 Å². The van der Waals surface area contributed by atoms with E-state index in [2.05, 4.69) is 0 Å². The van der Waals surface area contributed by atoms with Crippen molar-refractivity contribution in [2.75, 3.05) is 6.61 Å². The van der Waals surface area contributed by atoms with Crippen LogP contribution in [0.2, 0.25) is 5.02 Å². The average molecular weight is 305 g/mol. The van der Waals surface area contributed by atoms with Crippen molar-refractivity contribution in [2.24, 2.45) is 0 Å². The fraction of sp³-hybridized carbons (Fsp3) is 0.235. The van der Waals surface area contributed by atoms with Gasteiger partial charge in [0, 0.05) is 16.5 Å². The van der Waals surface area contributed by atoms with Gasteiger partial charge in [0.15, 0.2) is 11.6 Å². The molecule has 108 valence electrons. The molecule has 1 heterocycles. The fourth-order valence-corrected chi connectivity index (χ4v) is 2.67. The first-order chi connectivity index (χ1) is 9.90. The molecular formula is C17H14ClFO2. The van der Waals surface area contributed by atoms with E-state index >= 15 is 0 Å². The van der Waals surface area contributed by atoms with E-state index in [9.17, 15) is 9.18 Å². The number of carbonyl (C=O) groups excluding carboxylic acids is 1. The molecule has 2 aromatic carbocycles. The second kappa shape index (κ2) is 4.85. The third-order valence-electron chi connectivity index (χ3n) is 3.76. The summed E-state index contributed by atoms with van der Waals surface area (Å²) in [6.45, 7) is 4.67. The summed E-state index contributed by atoms with van der Waals surface area (Å²) in [4.78, 5) is 12.5. The standard InChI is InChI=1S/C17H14ClFO2/c1-17(2)9-21-14-7-6-10(8-12(14)17)16(20)11-4-3-5-13(18)15(11)19/h3-8H,9H2,1-2H3. The van der Waals surface area contributed by atoms with E-state index in [1.54, 1.807) is 24.3 Å². The fourth-order valence-electron chi connectivity index (χ4n) is 2.50. The minimum Gasteiger partial charge on any atom is -0.492 e. The molecule has 1 aliphatic heterocycles. The Kier molecular flexibility index (Phi) is 3.25. The monoisotopic (exact) mass is 304 g/mol. The number of hydrogen-bond donors (Lipinski definition) is 0. The summed E-state index contributed by atoms with van der Waals surface area (Å²) in [5.41, 5.74) is 1.24. The number of hydrogen-bond acceptors (Lipinski definition) is 2. The highest BCUT2D eigenvalue weighted by Crippen LogP contribution is 2.39. The Balaban J connectivity index is 2.06. The van der Waals surface area contributed by atoms with Gasteiger partial charge in [-0.2, -0.15) is 0 Å². The molecule has 4 heteroatoms. The lowest BCUT2D eigenvalue weighted by molar-refractivity contribution is 0.103. The van der Waals surface area contributed by atoms with Crippen LogP contribution in [0.25, 0.3) is 0 Å². The van der Waals surface area contributed by atoms with Crippen LogP contribution in [0.4, 0.5) is 4.39 Å². The first kappa shape index (κ1) is 14.1. The van der Waals surface area contributed by atoms with Crippen LogP contribution in [0.15, 0.2) is 36.4 Å². The van der Waals surface area contributed by atoms with E-state index in [-0.39, 0.29) is 21.8 Å². The highest BCUT2D eigenvalue weighted by atomic mass is 35.5. The quantitative estimate of drug-likeness (QED) is 0.770. The molecule has 0 radical (unpaired) electrons. The molecular weight excluding hydrogens is 291 g/mol. The highest BCUT2D eigenvalue weighted by Gasteiger charge is 2.32. The van der Waals surface area contributed by atoms with E-state index in [0.29, 0.717) is 12.2 Å². The van der Waals surface area contributed by atoms with Gasteiger partial charge >= 0.3 is 0 Å². The number of ketones is 1. The average Bonchev–Trinajstić information content (AvgIpc) is 2.76. The summed E-state index contributed by atoms with van der Waals surface area (Å²) in [5, 5.41) is -0.0503. The van der Waals surface area contributed by atoms with E-state index in [4.69, 9.17) is 16.3 Å². The third-order valence-corrected chi connectivity index (χ3v) is 4.05. The van der Waals surface area contributed by atoms with Crippen LogP contribution in [0.3, 0.4) is 0 Å². The molecule has 0 N–H and O–H groups in total. The molecule has 0 aromatic heterocycles. The van der Waals surface area contributed by atoms with Crippen LogP contribution in [0.1, 0.15) is 35.3 Å². The zero-order valence-corrected chi connectivity index (χ0v) is 12.5. The smallest absolute Gasteiger partial charge is 0.196 e. The van der Waals surface area contributed by atoms with Crippen LogP contribution in [-0.4, -0.2) is 12.4 Å². The molecule has 0 atom stereocenters. The van der Waals surface area contributed by atoms with Gasteiger partial charge in [-0.15, -0.1) is 0 Å². The number of ether oxygens (including phenoxy) is 1. The molecule has 1 aliphatic rings. The van der Waals surface area contributed by atoms with Crippen LogP contribution in [0, 0.1) is 5.82 Å². The van der Waals surface area contributed by atoms with Crippen molar-refractivity contribution < 1.29 is 13.9 Å². The molecule has 0 amide bonds. The summed E-state index contributed by atoms with van der Waals surface area (Å²) in [6.07, 6.45) is 0. The minimum absolute atomic E-state index is 0.0147. The molecule has 3 rings (SSSR count). The molecule has 0 fully saturated rings. The maximum atomic E-state index is 14.0. The Hall–Kier alpha value is -1.87. The number of benzene rings is 2. The molecule has 0 saturated heterocycles. The Morgan fingerprint density at radius 1 is 1.29 bits per heavy atom. The van der Waals surface area contributed by atoms with E-state index in [0.717, 1.165) is 11.3 Å². The van der Waals surface area contributed by atoms with Crippen molar-refractivity contribution in [3.63, 3.8) is 0 Å². The lowest BCUT2D eigenvalue weighted by Crippen LogP contribution is -2.18. The van der Waals surface area contributed by atoms with Gasteiger partial charge in [-0.3, -0.25) is 4.79 Å². The molecule has 0 spiro atoms. The van der Waals surface area contributed by atoms with Gasteiger partial charge in [0.2, 0.25) is 0 Å². The second-order valence-electron chi connectivity index (χ2n) is 5.81. The van der Waals surface area contributed by atoms with Crippen molar-refractivity contribution in [1.29, 1.82) is 0 Å². The molecule has 0 saturated carbocycles. The molecule has 0 aliphatic carbocycles. The van der Waals surface area contributed by atoms with E-state index in [1.165, 1.54) is 12.1 Å². The lowest BCUT2D eigenvalue weighted by Gasteiger charge is -2.15. The Labute approximate surface area is 127 Å². The van der Waals surface area contributed by atoms with E-state index in [1.807, 2.05) is 13.8 Å². The van der Waals surface area contributed by atoms with Gasteiger partial charge < -0.3 is 4.74 Å². The molecule has 0 unspecified atom stereocenters. The zero-order valence-electron chi connectivity index (χ0n) is 11.7. The maximum Gasteiger partial charge on any atom is 0.196 e. The normalized spacial score (nSPS) is 15.4. The van der Waals surface area contributed by atoms with Gasteiger partial charge in [0.25, 0.3) is 0 Å². The predicted molar refractivity (Wildman–Crippen MR) is 79.8 cm³/mol. The summed E-state index contributed by atoms with van der Waals surface area (Å²) in [6, 6.07) is 9.64. The summed E-state index contributed by atoms with van der Waals surface area (Å²) >= 11 is 5.74. The summed E-state index contributed by atoms with van der Waals surface area (Å²) in [5.74, 6) is -0.274. The largest absolute Gasteiger partial charge is 0.492 e. The van der Waals surface area contributed by atoms with Crippen LogP contribution in [0.5, 0.6) is 5.75 Å². The Morgan fingerprint density at radius 3 is 2.81 bits per heavy atom. The van der Waals surface area contributed by atoms with Crippen molar-refractivity contribution >= 4 is 17.4 Å². The number of fused-ring (bicyclic) bond motifs is 1.